The second kappa shape index (κ2) is 5.50. The minimum absolute atomic E-state index is 0.139. The quantitative estimate of drug-likeness (QED) is 0.782. The smallest absolute Gasteiger partial charge is 0.339 e. The van der Waals surface area contributed by atoms with Gasteiger partial charge >= 0.3 is 11.9 Å². The minimum Gasteiger partial charge on any atom is -0.481 e. The second-order valence-corrected chi connectivity index (χ2v) is 3.76. The average molecular weight is 228 g/mol. The largest absolute Gasteiger partial charge is 0.481 e. The Kier molecular flexibility index (Phi) is 4.30. The van der Waals surface area contributed by atoms with E-state index < -0.39 is 11.9 Å². The molecule has 1 aromatic heterocycles. The van der Waals surface area contributed by atoms with Crippen LogP contribution in [0.3, 0.4) is 0 Å². The highest BCUT2D eigenvalue weighted by Gasteiger charge is 2.15. The first-order valence-corrected chi connectivity index (χ1v) is 5.53. The van der Waals surface area contributed by atoms with Crippen LogP contribution in [-0.4, -0.2) is 23.7 Å². The molecule has 0 saturated heterocycles. The van der Waals surface area contributed by atoms with Gasteiger partial charge in [-0.3, -0.25) is 4.79 Å². The van der Waals surface area contributed by atoms with Crippen LogP contribution in [0.15, 0.2) is 10.8 Å². The van der Waals surface area contributed by atoms with Crippen molar-refractivity contribution in [1.29, 1.82) is 0 Å². The van der Waals surface area contributed by atoms with Gasteiger partial charge in [-0.25, -0.2) is 4.79 Å². The molecule has 0 bridgehead atoms. The Bertz CT molecular complexity index is 356. The van der Waals surface area contributed by atoms with Crippen LogP contribution in [0.2, 0.25) is 0 Å². The fraction of sp³-hybridized carbons (Fsp3) is 0.400. The van der Waals surface area contributed by atoms with Gasteiger partial charge in [0.05, 0.1) is 18.6 Å². The Labute approximate surface area is 91.5 Å². The number of carbonyl (C=O) groups is 2. The number of aliphatic carboxylic acids is 1. The number of carbonyl (C=O) groups excluding carboxylic acids is 1. The lowest BCUT2D eigenvalue weighted by Crippen LogP contribution is -2.09. The van der Waals surface area contributed by atoms with Crippen LogP contribution in [-0.2, 0) is 16.0 Å². The Morgan fingerprint density at radius 3 is 2.80 bits per heavy atom. The van der Waals surface area contributed by atoms with Crippen LogP contribution in [0.5, 0.6) is 0 Å². The van der Waals surface area contributed by atoms with Crippen molar-refractivity contribution in [3.8, 4) is 0 Å². The van der Waals surface area contributed by atoms with E-state index in [1.165, 1.54) is 11.3 Å². The number of esters is 1. The maximum Gasteiger partial charge on any atom is 0.339 e. The molecule has 0 radical (unpaired) electrons. The first-order chi connectivity index (χ1) is 7.15. The van der Waals surface area contributed by atoms with Gasteiger partial charge in [-0.05, 0) is 17.4 Å². The van der Waals surface area contributed by atoms with Crippen molar-refractivity contribution >= 4 is 23.3 Å². The third-order valence-electron chi connectivity index (χ3n) is 1.74. The summed E-state index contributed by atoms with van der Waals surface area (Å²) in [5, 5.41) is 11.9. The summed E-state index contributed by atoms with van der Waals surface area (Å²) in [4.78, 5) is 22.0. The van der Waals surface area contributed by atoms with E-state index in [1.807, 2.05) is 6.92 Å². The molecule has 5 heteroatoms. The van der Waals surface area contributed by atoms with Crippen molar-refractivity contribution in [1.82, 2.24) is 0 Å². The number of carboxylic acids is 1. The molecule has 1 rings (SSSR count). The Morgan fingerprint density at radius 1 is 1.47 bits per heavy atom. The molecule has 0 aromatic carbocycles. The summed E-state index contributed by atoms with van der Waals surface area (Å²) in [6, 6.07) is 0. The second-order valence-electron chi connectivity index (χ2n) is 3.02. The monoisotopic (exact) mass is 228 g/mol. The van der Waals surface area contributed by atoms with Crippen LogP contribution >= 0.6 is 11.3 Å². The lowest BCUT2D eigenvalue weighted by Gasteiger charge is -2.02. The first-order valence-electron chi connectivity index (χ1n) is 4.59. The third-order valence-corrected chi connectivity index (χ3v) is 2.53. The van der Waals surface area contributed by atoms with Gasteiger partial charge in [0.2, 0.25) is 0 Å². The van der Waals surface area contributed by atoms with E-state index in [4.69, 9.17) is 9.84 Å². The number of hydrogen-bond donors (Lipinski definition) is 1. The molecule has 0 fully saturated rings. The predicted molar refractivity (Wildman–Crippen MR) is 56.2 cm³/mol. The molecule has 15 heavy (non-hydrogen) atoms. The van der Waals surface area contributed by atoms with Gasteiger partial charge < -0.3 is 9.84 Å². The van der Waals surface area contributed by atoms with Crippen molar-refractivity contribution in [3.63, 3.8) is 0 Å². The molecule has 0 aliphatic heterocycles. The minimum atomic E-state index is -0.946. The normalized spacial score (nSPS) is 9.93. The van der Waals surface area contributed by atoms with E-state index in [0.717, 1.165) is 6.42 Å². The highest BCUT2D eigenvalue weighted by molar-refractivity contribution is 7.08. The standard InChI is InChI=1S/C10H12O4S/c1-2-3-14-10(13)8-6-15-5-7(8)4-9(11)12/h5-6H,2-4H2,1H3,(H,11,12). The average Bonchev–Trinajstić information content (AvgIpc) is 2.61. The molecule has 0 aliphatic rings. The number of ether oxygens (including phenoxy) is 1. The number of rotatable bonds is 5. The van der Waals surface area contributed by atoms with Gasteiger partial charge in [0.25, 0.3) is 0 Å². The van der Waals surface area contributed by atoms with Crippen LogP contribution in [0.4, 0.5) is 0 Å². The molecule has 0 saturated carbocycles. The molecule has 0 unspecified atom stereocenters. The molecular weight excluding hydrogens is 216 g/mol. The van der Waals surface area contributed by atoms with E-state index >= 15 is 0 Å². The van der Waals surface area contributed by atoms with E-state index in [-0.39, 0.29) is 6.42 Å². The molecule has 82 valence electrons. The predicted octanol–water partition coefficient (Wildman–Crippen LogP) is 1.94. The SMILES string of the molecule is CCCOC(=O)c1cscc1CC(=O)O. The number of carboxylic acid groups (broad SMARTS) is 1. The molecule has 1 heterocycles. The van der Waals surface area contributed by atoms with Crippen molar-refractivity contribution < 1.29 is 19.4 Å². The summed E-state index contributed by atoms with van der Waals surface area (Å²) < 4.78 is 4.93. The molecule has 0 atom stereocenters. The van der Waals surface area contributed by atoms with Gasteiger partial charge in [0, 0.05) is 5.38 Å². The summed E-state index contributed by atoms with van der Waals surface area (Å²) in [5.74, 6) is -1.38. The van der Waals surface area contributed by atoms with Gasteiger partial charge in [0.15, 0.2) is 0 Å². The van der Waals surface area contributed by atoms with E-state index in [9.17, 15) is 9.59 Å². The van der Waals surface area contributed by atoms with Gasteiger partial charge in [0.1, 0.15) is 0 Å². The Balaban J connectivity index is 2.71. The van der Waals surface area contributed by atoms with Gasteiger partial charge in [-0.1, -0.05) is 6.92 Å². The fourth-order valence-corrected chi connectivity index (χ4v) is 1.90. The zero-order valence-electron chi connectivity index (χ0n) is 8.36. The van der Waals surface area contributed by atoms with Gasteiger partial charge in [-0.15, -0.1) is 0 Å². The zero-order valence-corrected chi connectivity index (χ0v) is 9.17. The molecule has 0 aliphatic carbocycles. The lowest BCUT2D eigenvalue weighted by atomic mass is 10.1. The van der Waals surface area contributed by atoms with E-state index in [2.05, 4.69) is 0 Å². The summed E-state index contributed by atoms with van der Waals surface area (Å²) in [6.45, 7) is 2.26. The number of thiophene rings is 1. The third kappa shape index (κ3) is 3.36. The molecule has 1 aromatic rings. The van der Waals surface area contributed by atoms with Crippen LogP contribution in [0.25, 0.3) is 0 Å². The Morgan fingerprint density at radius 2 is 2.20 bits per heavy atom. The summed E-state index contributed by atoms with van der Waals surface area (Å²) >= 11 is 1.31. The van der Waals surface area contributed by atoms with Crippen molar-refractivity contribution in [3.05, 3.63) is 21.9 Å². The van der Waals surface area contributed by atoms with Gasteiger partial charge in [-0.2, -0.15) is 11.3 Å². The lowest BCUT2D eigenvalue weighted by molar-refractivity contribution is -0.136. The fourth-order valence-electron chi connectivity index (χ4n) is 1.07. The maximum absolute atomic E-state index is 11.5. The Hall–Kier alpha value is -1.36. The molecular formula is C10H12O4S. The summed E-state index contributed by atoms with van der Waals surface area (Å²) in [7, 11) is 0. The summed E-state index contributed by atoms with van der Waals surface area (Å²) in [6.07, 6.45) is 0.615. The molecule has 0 amide bonds. The van der Waals surface area contributed by atoms with E-state index in [1.54, 1.807) is 10.8 Å². The van der Waals surface area contributed by atoms with Crippen LogP contribution in [0, 0.1) is 0 Å². The highest BCUT2D eigenvalue weighted by Crippen LogP contribution is 2.17. The van der Waals surface area contributed by atoms with Crippen molar-refractivity contribution in [2.75, 3.05) is 6.61 Å². The zero-order chi connectivity index (χ0) is 11.3. The van der Waals surface area contributed by atoms with Crippen LogP contribution in [0.1, 0.15) is 29.3 Å². The van der Waals surface area contributed by atoms with Crippen LogP contribution < -0.4 is 0 Å². The topological polar surface area (TPSA) is 63.6 Å². The summed E-state index contributed by atoms with van der Waals surface area (Å²) in [5.41, 5.74) is 0.893. The van der Waals surface area contributed by atoms with Crippen molar-refractivity contribution in [2.45, 2.75) is 19.8 Å². The highest BCUT2D eigenvalue weighted by atomic mass is 32.1. The molecule has 4 nitrogen and oxygen atoms in total. The first kappa shape index (κ1) is 11.7. The molecule has 1 N–H and O–H groups in total. The maximum atomic E-state index is 11.5. The van der Waals surface area contributed by atoms with E-state index in [0.29, 0.717) is 17.7 Å². The number of hydrogen-bond acceptors (Lipinski definition) is 4. The molecule has 0 spiro atoms. The van der Waals surface area contributed by atoms with Crippen molar-refractivity contribution in [2.24, 2.45) is 0 Å².